The van der Waals surface area contributed by atoms with Crippen LogP contribution in [0.4, 0.5) is 24.5 Å². The summed E-state index contributed by atoms with van der Waals surface area (Å²) >= 11 is 0. The molecular formula is C29H27F3N6O3. The number of benzene rings is 1. The number of ether oxygens (including phenoxy) is 1. The Labute approximate surface area is 233 Å². The number of nitrogens with one attached hydrogen (secondary N) is 3. The van der Waals surface area contributed by atoms with Crippen LogP contribution in [0.15, 0.2) is 55.1 Å². The molecule has 2 amide bonds. The van der Waals surface area contributed by atoms with Crippen LogP contribution >= 0.6 is 0 Å². The highest BCUT2D eigenvalue weighted by atomic mass is 19.4. The van der Waals surface area contributed by atoms with Crippen molar-refractivity contribution in [3.63, 3.8) is 0 Å². The highest BCUT2D eigenvalue weighted by Gasteiger charge is 2.31. The first-order valence-corrected chi connectivity index (χ1v) is 13.2. The van der Waals surface area contributed by atoms with E-state index in [1.165, 1.54) is 6.20 Å². The lowest BCUT2D eigenvalue weighted by Crippen LogP contribution is -2.48. The number of fused-ring (bicyclic) bond motifs is 1. The van der Waals surface area contributed by atoms with E-state index < -0.39 is 17.6 Å². The molecule has 0 aliphatic carbocycles. The minimum Gasteiger partial charge on any atom is -0.377 e. The number of hydrogen-bond donors (Lipinski definition) is 3. The topological polar surface area (TPSA) is 112 Å². The molecule has 12 heteroatoms. The number of H-pyrrole nitrogens is 1. The van der Waals surface area contributed by atoms with E-state index in [9.17, 15) is 22.8 Å². The highest BCUT2D eigenvalue weighted by molar-refractivity contribution is 6.07. The molecule has 4 aromatic rings. The molecule has 3 N–H and O–H groups in total. The third-order valence-corrected chi connectivity index (χ3v) is 7.59. The van der Waals surface area contributed by atoms with E-state index in [0.717, 1.165) is 47.4 Å². The number of carbonyl (C=O) groups excluding carboxylic acids is 2. The normalized spacial score (nSPS) is 17.5. The third-order valence-electron chi connectivity index (χ3n) is 7.59. The quantitative estimate of drug-likeness (QED) is 0.314. The van der Waals surface area contributed by atoms with Crippen molar-refractivity contribution in [3.05, 3.63) is 82.9 Å². The molecule has 3 aromatic heterocycles. The van der Waals surface area contributed by atoms with Crippen LogP contribution in [0.1, 0.15) is 49.7 Å². The summed E-state index contributed by atoms with van der Waals surface area (Å²) < 4.78 is 44.3. The predicted molar refractivity (Wildman–Crippen MR) is 146 cm³/mol. The maximum absolute atomic E-state index is 13.0. The Bertz CT molecular complexity index is 1630. The first kappa shape index (κ1) is 26.8. The van der Waals surface area contributed by atoms with Crippen molar-refractivity contribution in [3.8, 4) is 0 Å². The van der Waals surface area contributed by atoms with Gasteiger partial charge in [-0.15, -0.1) is 0 Å². The van der Waals surface area contributed by atoms with Crippen molar-refractivity contribution >= 4 is 34.2 Å². The van der Waals surface area contributed by atoms with E-state index in [0.29, 0.717) is 36.5 Å². The molecule has 1 atom stereocenters. The lowest BCUT2D eigenvalue weighted by molar-refractivity contribution is -0.137. The molecule has 5 heterocycles. The van der Waals surface area contributed by atoms with Gasteiger partial charge in [0, 0.05) is 42.4 Å². The number of rotatable bonds is 6. The van der Waals surface area contributed by atoms with Gasteiger partial charge in [0.15, 0.2) is 0 Å². The molecule has 2 aliphatic heterocycles. The van der Waals surface area contributed by atoms with Crippen molar-refractivity contribution in [1.82, 2.24) is 20.3 Å². The molecule has 212 valence electrons. The SMILES string of the molecule is Cc1ccc(C(=O)Nc2cncc(C(F)(F)F)c2)cc1[C@@H]1CCN(c2cnc3[nH]cc(C(=O)NC4COC4)c3c2)C1. The second-order valence-electron chi connectivity index (χ2n) is 10.4. The van der Waals surface area contributed by atoms with Crippen LogP contribution in [0.3, 0.4) is 0 Å². The van der Waals surface area contributed by atoms with Gasteiger partial charge in [0.05, 0.1) is 54.2 Å². The molecule has 0 bridgehead atoms. The molecule has 0 spiro atoms. The van der Waals surface area contributed by atoms with Crippen LogP contribution in [-0.4, -0.2) is 59.1 Å². The maximum Gasteiger partial charge on any atom is 0.417 e. The zero-order valence-electron chi connectivity index (χ0n) is 22.1. The van der Waals surface area contributed by atoms with Gasteiger partial charge in [0.2, 0.25) is 0 Å². The fourth-order valence-corrected chi connectivity index (χ4v) is 5.27. The number of amides is 2. The Morgan fingerprint density at radius 2 is 1.93 bits per heavy atom. The second-order valence-corrected chi connectivity index (χ2v) is 10.4. The van der Waals surface area contributed by atoms with Crippen molar-refractivity contribution in [2.45, 2.75) is 31.5 Å². The van der Waals surface area contributed by atoms with Crippen LogP contribution in [-0.2, 0) is 10.9 Å². The van der Waals surface area contributed by atoms with E-state index in [-0.39, 0.29) is 23.6 Å². The number of carbonyl (C=O) groups is 2. The fraction of sp³-hybridized carbons (Fsp3) is 0.310. The molecule has 0 saturated carbocycles. The van der Waals surface area contributed by atoms with Crippen LogP contribution in [0.25, 0.3) is 11.0 Å². The monoisotopic (exact) mass is 564 g/mol. The van der Waals surface area contributed by atoms with Gasteiger partial charge in [0.1, 0.15) is 5.65 Å². The Balaban J connectivity index is 1.18. The molecule has 2 saturated heterocycles. The minimum absolute atomic E-state index is 0.0192. The summed E-state index contributed by atoms with van der Waals surface area (Å²) in [6, 6.07) is 8.16. The van der Waals surface area contributed by atoms with Crippen LogP contribution in [0.5, 0.6) is 0 Å². The van der Waals surface area contributed by atoms with E-state index in [1.54, 1.807) is 24.5 Å². The first-order valence-electron chi connectivity index (χ1n) is 13.2. The molecule has 0 unspecified atom stereocenters. The highest BCUT2D eigenvalue weighted by Crippen LogP contribution is 2.34. The largest absolute Gasteiger partial charge is 0.417 e. The zero-order chi connectivity index (χ0) is 28.7. The van der Waals surface area contributed by atoms with E-state index >= 15 is 0 Å². The van der Waals surface area contributed by atoms with Crippen molar-refractivity contribution in [1.29, 1.82) is 0 Å². The number of alkyl halides is 3. The number of nitrogens with zero attached hydrogens (tertiary/aromatic N) is 3. The van der Waals surface area contributed by atoms with Gasteiger partial charge in [-0.1, -0.05) is 6.07 Å². The Hall–Kier alpha value is -4.45. The molecule has 1 aromatic carbocycles. The molecule has 41 heavy (non-hydrogen) atoms. The summed E-state index contributed by atoms with van der Waals surface area (Å²) in [5.74, 6) is -0.556. The molecule has 2 fully saturated rings. The van der Waals surface area contributed by atoms with Gasteiger partial charge in [0.25, 0.3) is 11.8 Å². The Morgan fingerprint density at radius 3 is 2.68 bits per heavy atom. The van der Waals surface area contributed by atoms with Gasteiger partial charge >= 0.3 is 6.18 Å². The Morgan fingerprint density at radius 1 is 1.10 bits per heavy atom. The zero-order valence-corrected chi connectivity index (χ0v) is 22.1. The number of aryl methyl sites for hydroxylation is 1. The molecule has 6 rings (SSSR count). The Kier molecular flexibility index (Phi) is 6.86. The lowest BCUT2D eigenvalue weighted by atomic mass is 9.92. The predicted octanol–water partition coefficient (Wildman–Crippen LogP) is 4.66. The van der Waals surface area contributed by atoms with Gasteiger partial charge in [-0.05, 0) is 48.7 Å². The number of anilines is 2. The summed E-state index contributed by atoms with van der Waals surface area (Å²) in [5, 5.41) is 6.23. The van der Waals surface area contributed by atoms with Gasteiger partial charge < -0.3 is 25.3 Å². The molecule has 0 radical (unpaired) electrons. The summed E-state index contributed by atoms with van der Waals surface area (Å²) in [4.78, 5) is 39.1. The van der Waals surface area contributed by atoms with Crippen LogP contribution < -0.4 is 15.5 Å². The van der Waals surface area contributed by atoms with E-state index in [2.05, 4.69) is 30.5 Å². The van der Waals surface area contributed by atoms with E-state index in [1.807, 2.05) is 19.1 Å². The van der Waals surface area contributed by atoms with E-state index in [4.69, 9.17) is 4.74 Å². The molecular weight excluding hydrogens is 537 g/mol. The number of hydrogen-bond acceptors (Lipinski definition) is 6. The molecule has 9 nitrogen and oxygen atoms in total. The van der Waals surface area contributed by atoms with Gasteiger partial charge in [-0.3, -0.25) is 14.6 Å². The first-order chi connectivity index (χ1) is 19.7. The number of halogens is 3. The van der Waals surface area contributed by atoms with Crippen molar-refractivity contribution in [2.75, 3.05) is 36.5 Å². The van der Waals surface area contributed by atoms with Crippen molar-refractivity contribution < 1.29 is 27.5 Å². The van der Waals surface area contributed by atoms with Crippen LogP contribution in [0.2, 0.25) is 0 Å². The van der Waals surface area contributed by atoms with Gasteiger partial charge in [-0.25, -0.2) is 4.98 Å². The average molecular weight is 565 g/mol. The maximum atomic E-state index is 13.0. The number of aromatic amines is 1. The fourth-order valence-electron chi connectivity index (χ4n) is 5.27. The number of aromatic nitrogens is 3. The number of pyridine rings is 2. The third kappa shape index (κ3) is 5.47. The average Bonchev–Trinajstić information content (AvgIpc) is 3.58. The second kappa shape index (κ2) is 10.5. The smallest absolute Gasteiger partial charge is 0.377 e. The van der Waals surface area contributed by atoms with Crippen molar-refractivity contribution in [2.24, 2.45) is 0 Å². The lowest BCUT2D eigenvalue weighted by Gasteiger charge is -2.26. The summed E-state index contributed by atoms with van der Waals surface area (Å²) in [6.07, 6.45) is 1.63. The summed E-state index contributed by atoms with van der Waals surface area (Å²) in [5.41, 5.74) is 3.47. The molecule has 2 aliphatic rings. The summed E-state index contributed by atoms with van der Waals surface area (Å²) in [6.45, 7) is 4.44. The minimum atomic E-state index is -4.56. The summed E-state index contributed by atoms with van der Waals surface area (Å²) in [7, 11) is 0. The standard InChI is InChI=1S/C29H27F3N6O3/c1-16-2-3-17(27(39)36-20-7-19(9-33-10-20)29(30,31)32)6-23(16)18-4-5-38(13-18)22-8-24-25(12-35-26(24)34-11-22)28(40)37-21-14-41-15-21/h2-3,6-12,18,21H,4-5,13-15H2,1H3,(H,34,35)(H,36,39)(H,37,40)/t18-/m1/s1. The van der Waals surface area contributed by atoms with Gasteiger partial charge in [-0.2, -0.15) is 13.2 Å². The van der Waals surface area contributed by atoms with Crippen LogP contribution in [0, 0.1) is 6.92 Å².